The van der Waals surface area contributed by atoms with Crippen LogP contribution < -0.4 is 14.8 Å². The number of amides is 1. The van der Waals surface area contributed by atoms with Crippen LogP contribution in [-0.4, -0.2) is 51.8 Å². The van der Waals surface area contributed by atoms with Gasteiger partial charge in [-0.2, -0.15) is 0 Å². The Bertz CT molecular complexity index is 644. The molecule has 2 atom stereocenters. The number of hydrogen-bond donors (Lipinski definition) is 1. The molecule has 0 aliphatic heterocycles. The molecule has 1 amide bonds. The Labute approximate surface area is 152 Å². The molecule has 0 aliphatic rings. The van der Waals surface area contributed by atoms with Gasteiger partial charge >= 0.3 is 11.9 Å². The van der Waals surface area contributed by atoms with Crippen LogP contribution in [0.1, 0.15) is 30.6 Å². The summed E-state index contributed by atoms with van der Waals surface area (Å²) in [6, 6.07) is 3.93. The van der Waals surface area contributed by atoms with Gasteiger partial charge in [0, 0.05) is 0 Å². The van der Waals surface area contributed by atoms with E-state index in [-0.39, 0.29) is 17.2 Å². The summed E-state index contributed by atoms with van der Waals surface area (Å²) in [7, 11) is 4.09. The molecule has 0 unspecified atom stereocenters. The second-order valence-corrected chi connectivity index (χ2v) is 5.57. The lowest BCUT2D eigenvalue weighted by Crippen LogP contribution is -2.47. The van der Waals surface area contributed by atoms with Gasteiger partial charge in [0.2, 0.25) is 0 Å². The number of carbonyl (C=O) groups is 3. The smallest absolute Gasteiger partial charge is 0.342 e. The lowest BCUT2D eigenvalue weighted by Gasteiger charge is -2.21. The van der Waals surface area contributed by atoms with Crippen molar-refractivity contribution < 1.29 is 33.3 Å². The Morgan fingerprint density at radius 3 is 2.35 bits per heavy atom. The summed E-state index contributed by atoms with van der Waals surface area (Å²) < 4.78 is 20.0. The number of nitrogens with one attached hydrogen (secondary N) is 1. The van der Waals surface area contributed by atoms with E-state index < -0.39 is 30.5 Å². The SMILES string of the molecule is CC[C@@H](C)[C@@H](NC(=O)COC(=O)c1cccc(OC)c1OC)C(=O)OC. The van der Waals surface area contributed by atoms with Gasteiger partial charge in [-0.25, -0.2) is 9.59 Å². The van der Waals surface area contributed by atoms with Gasteiger partial charge < -0.3 is 24.3 Å². The molecule has 144 valence electrons. The van der Waals surface area contributed by atoms with Crippen molar-refractivity contribution in [1.82, 2.24) is 5.32 Å². The molecule has 0 aromatic heterocycles. The first-order valence-corrected chi connectivity index (χ1v) is 8.14. The normalized spacial score (nSPS) is 12.5. The van der Waals surface area contributed by atoms with E-state index in [2.05, 4.69) is 5.32 Å². The summed E-state index contributed by atoms with van der Waals surface area (Å²) >= 11 is 0. The third-order valence-corrected chi connectivity index (χ3v) is 3.94. The molecule has 1 aromatic carbocycles. The molecule has 8 heteroatoms. The minimum Gasteiger partial charge on any atom is -0.493 e. The molecule has 1 aromatic rings. The fraction of sp³-hybridized carbons (Fsp3) is 0.500. The maximum atomic E-state index is 12.2. The molecule has 0 bridgehead atoms. The number of ether oxygens (including phenoxy) is 4. The standard InChI is InChI=1S/C18H25NO7/c1-6-11(2)15(18(22)25-5)19-14(20)10-26-17(21)12-8-7-9-13(23-3)16(12)24-4/h7-9,11,15H,6,10H2,1-5H3,(H,19,20)/t11-,15-/m1/s1. The maximum absolute atomic E-state index is 12.2. The summed E-state index contributed by atoms with van der Waals surface area (Å²) in [5.74, 6) is -1.43. The summed E-state index contributed by atoms with van der Waals surface area (Å²) in [6.45, 7) is 3.17. The van der Waals surface area contributed by atoms with Crippen LogP contribution in [0.5, 0.6) is 11.5 Å². The van der Waals surface area contributed by atoms with Crippen LogP contribution in [-0.2, 0) is 19.1 Å². The largest absolute Gasteiger partial charge is 0.493 e. The average molecular weight is 367 g/mol. The van der Waals surface area contributed by atoms with E-state index in [1.165, 1.54) is 27.4 Å². The second kappa shape index (κ2) is 10.3. The van der Waals surface area contributed by atoms with E-state index in [0.717, 1.165) is 0 Å². The highest BCUT2D eigenvalue weighted by Gasteiger charge is 2.27. The van der Waals surface area contributed by atoms with Crippen molar-refractivity contribution in [3.63, 3.8) is 0 Å². The molecule has 0 heterocycles. The minimum absolute atomic E-state index is 0.124. The van der Waals surface area contributed by atoms with Gasteiger partial charge in [-0.15, -0.1) is 0 Å². The molecule has 0 aliphatic carbocycles. The molecule has 0 fully saturated rings. The Morgan fingerprint density at radius 2 is 1.81 bits per heavy atom. The van der Waals surface area contributed by atoms with Crippen molar-refractivity contribution in [2.75, 3.05) is 27.9 Å². The predicted molar refractivity (Wildman–Crippen MR) is 93.2 cm³/mol. The van der Waals surface area contributed by atoms with Crippen LogP contribution in [0.4, 0.5) is 0 Å². The molecule has 0 saturated heterocycles. The Kier molecular flexibility index (Phi) is 8.41. The van der Waals surface area contributed by atoms with E-state index >= 15 is 0 Å². The van der Waals surface area contributed by atoms with Crippen molar-refractivity contribution >= 4 is 17.8 Å². The molecular weight excluding hydrogens is 342 g/mol. The lowest BCUT2D eigenvalue weighted by molar-refractivity contribution is -0.147. The van der Waals surface area contributed by atoms with Crippen LogP contribution in [0.2, 0.25) is 0 Å². The van der Waals surface area contributed by atoms with Gasteiger partial charge in [-0.1, -0.05) is 26.3 Å². The van der Waals surface area contributed by atoms with Gasteiger partial charge in [0.15, 0.2) is 18.1 Å². The minimum atomic E-state index is -0.803. The van der Waals surface area contributed by atoms with Gasteiger partial charge in [0.25, 0.3) is 5.91 Å². The highest BCUT2D eigenvalue weighted by atomic mass is 16.5. The zero-order valence-electron chi connectivity index (χ0n) is 15.7. The highest BCUT2D eigenvalue weighted by Crippen LogP contribution is 2.31. The van der Waals surface area contributed by atoms with Gasteiger partial charge in [-0.3, -0.25) is 4.79 Å². The summed E-state index contributed by atoms with van der Waals surface area (Å²) in [6.07, 6.45) is 0.668. The van der Waals surface area contributed by atoms with Crippen LogP contribution in [0.25, 0.3) is 0 Å². The van der Waals surface area contributed by atoms with Crippen molar-refractivity contribution in [3.05, 3.63) is 23.8 Å². The second-order valence-electron chi connectivity index (χ2n) is 5.57. The van der Waals surface area contributed by atoms with Crippen LogP contribution >= 0.6 is 0 Å². The van der Waals surface area contributed by atoms with E-state index in [0.29, 0.717) is 12.2 Å². The number of methoxy groups -OCH3 is 3. The first-order chi connectivity index (χ1) is 12.4. The van der Waals surface area contributed by atoms with Crippen LogP contribution in [0.15, 0.2) is 18.2 Å². The molecule has 0 spiro atoms. The fourth-order valence-electron chi connectivity index (χ4n) is 2.27. The fourth-order valence-corrected chi connectivity index (χ4v) is 2.27. The van der Waals surface area contributed by atoms with E-state index in [9.17, 15) is 14.4 Å². The van der Waals surface area contributed by atoms with Crippen LogP contribution in [0.3, 0.4) is 0 Å². The molecular formula is C18H25NO7. The van der Waals surface area contributed by atoms with Crippen molar-refractivity contribution in [2.24, 2.45) is 5.92 Å². The number of esters is 2. The first kappa shape index (κ1) is 21.3. The summed E-state index contributed by atoms with van der Waals surface area (Å²) in [5.41, 5.74) is 0.131. The van der Waals surface area contributed by atoms with Crippen molar-refractivity contribution in [3.8, 4) is 11.5 Å². The number of para-hydroxylation sites is 1. The van der Waals surface area contributed by atoms with E-state index in [4.69, 9.17) is 18.9 Å². The molecule has 1 rings (SSSR count). The van der Waals surface area contributed by atoms with Crippen molar-refractivity contribution in [2.45, 2.75) is 26.3 Å². The molecule has 26 heavy (non-hydrogen) atoms. The lowest BCUT2D eigenvalue weighted by atomic mass is 9.99. The van der Waals surface area contributed by atoms with E-state index in [1.54, 1.807) is 12.1 Å². The van der Waals surface area contributed by atoms with Gasteiger partial charge in [-0.05, 0) is 18.1 Å². The zero-order chi connectivity index (χ0) is 19.7. The summed E-state index contributed by atoms with van der Waals surface area (Å²) in [4.78, 5) is 36.1. The van der Waals surface area contributed by atoms with Crippen molar-refractivity contribution in [1.29, 1.82) is 0 Å². The van der Waals surface area contributed by atoms with E-state index in [1.807, 2.05) is 13.8 Å². The summed E-state index contributed by atoms with van der Waals surface area (Å²) in [5, 5.41) is 2.53. The Hall–Kier alpha value is -2.77. The number of carbonyl (C=O) groups excluding carboxylic acids is 3. The molecule has 8 nitrogen and oxygen atoms in total. The van der Waals surface area contributed by atoms with Gasteiger partial charge in [0.05, 0.1) is 21.3 Å². The third kappa shape index (κ3) is 5.37. The quantitative estimate of drug-likeness (QED) is 0.661. The average Bonchev–Trinajstić information content (AvgIpc) is 2.67. The highest BCUT2D eigenvalue weighted by molar-refractivity contribution is 5.95. The number of hydrogen-bond acceptors (Lipinski definition) is 7. The molecule has 0 radical (unpaired) electrons. The molecule has 0 saturated carbocycles. The topological polar surface area (TPSA) is 100 Å². The van der Waals surface area contributed by atoms with Gasteiger partial charge in [0.1, 0.15) is 11.6 Å². The maximum Gasteiger partial charge on any atom is 0.342 e. The number of benzene rings is 1. The first-order valence-electron chi connectivity index (χ1n) is 8.14. The Balaban J connectivity index is 2.75. The number of rotatable bonds is 9. The predicted octanol–water partition coefficient (Wildman–Crippen LogP) is 1.56. The van der Waals surface area contributed by atoms with Crippen LogP contribution in [0, 0.1) is 5.92 Å². The molecule has 1 N–H and O–H groups in total. The zero-order valence-corrected chi connectivity index (χ0v) is 15.7. The third-order valence-electron chi connectivity index (χ3n) is 3.94. The monoisotopic (exact) mass is 367 g/mol. The Morgan fingerprint density at radius 1 is 1.12 bits per heavy atom.